The summed E-state index contributed by atoms with van der Waals surface area (Å²) in [5.74, 6) is 9.69. The fraction of sp³-hybridized carbons (Fsp3) is 0.556. The first kappa shape index (κ1) is 23.6. The molecule has 158 valence electrons. The van der Waals surface area contributed by atoms with Crippen LogP contribution >= 0.6 is 0 Å². The number of amides is 2. The maximum absolute atomic E-state index is 12.2. The number of ether oxygens (including phenoxy) is 4. The average molecular weight is 398 g/mol. The van der Waals surface area contributed by atoms with Crippen LogP contribution in [0.5, 0.6) is 11.5 Å². The Bertz CT molecular complexity index is 591. The maximum atomic E-state index is 12.2. The number of methoxy groups -OCH3 is 2. The number of hydrogen-bond acceptors (Lipinski definition) is 8. The van der Waals surface area contributed by atoms with Crippen molar-refractivity contribution in [3.8, 4) is 11.5 Å². The van der Waals surface area contributed by atoms with Crippen LogP contribution in [0.3, 0.4) is 0 Å². The molecule has 0 aromatic heterocycles. The highest BCUT2D eigenvalue weighted by Gasteiger charge is 2.22. The van der Waals surface area contributed by atoms with Gasteiger partial charge in [0.15, 0.2) is 0 Å². The van der Waals surface area contributed by atoms with Crippen molar-refractivity contribution in [3.63, 3.8) is 0 Å². The van der Waals surface area contributed by atoms with E-state index in [-0.39, 0.29) is 48.0 Å². The van der Waals surface area contributed by atoms with E-state index in [0.717, 1.165) is 0 Å². The molecule has 6 N–H and O–H groups in total. The van der Waals surface area contributed by atoms with Crippen LogP contribution in [0.15, 0.2) is 12.1 Å². The molecule has 0 aliphatic heterocycles. The Hall–Kier alpha value is -2.40. The normalized spacial score (nSPS) is 12.8. The maximum Gasteiger partial charge on any atom is 0.269 e. The molecular formula is C18H30N4O6. The van der Waals surface area contributed by atoms with Gasteiger partial charge in [-0.15, -0.1) is 0 Å². The Balaban J connectivity index is 3.30. The van der Waals surface area contributed by atoms with Gasteiger partial charge in [-0.2, -0.15) is 0 Å². The van der Waals surface area contributed by atoms with Crippen molar-refractivity contribution in [2.45, 2.75) is 38.9 Å². The number of nitrogens with two attached hydrogens (primary N) is 2. The molecule has 0 heterocycles. The molecular weight excluding hydrogens is 368 g/mol. The molecule has 1 rings (SSSR count). The summed E-state index contributed by atoms with van der Waals surface area (Å²) in [7, 11) is 3.13. The van der Waals surface area contributed by atoms with Crippen LogP contribution in [-0.2, 0) is 9.47 Å². The van der Waals surface area contributed by atoms with E-state index in [4.69, 9.17) is 30.6 Å². The predicted octanol–water partition coefficient (Wildman–Crippen LogP) is 0.501. The Morgan fingerprint density at radius 2 is 1.21 bits per heavy atom. The molecule has 0 saturated heterocycles. The van der Waals surface area contributed by atoms with E-state index < -0.39 is 11.8 Å². The molecule has 2 atom stereocenters. The van der Waals surface area contributed by atoms with Crippen LogP contribution in [0.1, 0.15) is 47.4 Å². The summed E-state index contributed by atoms with van der Waals surface area (Å²) in [6, 6.07) is 2.77. The zero-order valence-corrected chi connectivity index (χ0v) is 16.7. The van der Waals surface area contributed by atoms with Gasteiger partial charge in [0.2, 0.25) is 0 Å². The summed E-state index contributed by atoms with van der Waals surface area (Å²) in [5, 5.41) is 0. The third-order valence-corrected chi connectivity index (χ3v) is 4.26. The fourth-order valence-corrected chi connectivity index (χ4v) is 2.38. The first-order valence-electron chi connectivity index (χ1n) is 8.96. The number of hydrogen-bond donors (Lipinski definition) is 4. The molecule has 2 unspecified atom stereocenters. The molecule has 28 heavy (non-hydrogen) atoms. The van der Waals surface area contributed by atoms with E-state index >= 15 is 0 Å². The highest BCUT2D eigenvalue weighted by molar-refractivity contribution is 6.02. The van der Waals surface area contributed by atoms with Crippen molar-refractivity contribution in [1.29, 1.82) is 0 Å². The molecule has 0 bridgehead atoms. The third kappa shape index (κ3) is 6.34. The van der Waals surface area contributed by atoms with Gasteiger partial charge in [-0.3, -0.25) is 20.4 Å². The van der Waals surface area contributed by atoms with E-state index in [2.05, 4.69) is 10.9 Å². The largest absolute Gasteiger partial charge is 0.490 e. The molecule has 10 nitrogen and oxygen atoms in total. The molecule has 10 heteroatoms. The monoisotopic (exact) mass is 398 g/mol. The topological polar surface area (TPSA) is 147 Å². The number of carbonyl (C=O) groups excluding carboxylic acids is 2. The third-order valence-electron chi connectivity index (χ3n) is 4.26. The Morgan fingerprint density at radius 3 is 1.46 bits per heavy atom. The molecule has 0 fully saturated rings. The lowest BCUT2D eigenvalue weighted by Gasteiger charge is -2.20. The Morgan fingerprint density at radius 1 is 0.857 bits per heavy atom. The van der Waals surface area contributed by atoms with Gasteiger partial charge in [-0.25, -0.2) is 11.7 Å². The molecule has 0 aliphatic rings. The molecule has 0 saturated carbocycles. The first-order valence-corrected chi connectivity index (χ1v) is 8.96. The van der Waals surface area contributed by atoms with E-state index in [1.807, 2.05) is 13.8 Å². The van der Waals surface area contributed by atoms with Gasteiger partial charge >= 0.3 is 0 Å². The minimum atomic E-state index is -0.594. The second-order valence-electron chi connectivity index (χ2n) is 5.95. The van der Waals surface area contributed by atoms with Gasteiger partial charge in [0.1, 0.15) is 24.7 Å². The Labute approximate surface area is 164 Å². The second-order valence-corrected chi connectivity index (χ2v) is 5.95. The summed E-state index contributed by atoms with van der Waals surface area (Å²) in [4.78, 5) is 24.4. The first-order chi connectivity index (χ1) is 13.4. The molecule has 0 radical (unpaired) electrons. The van der Waals surface area contributed by atoms with Crippen molar-refractivity contribution in [2.75, 3.05) is 27.4 Å². The summed E-state index contributed by atoms with van der Waals surface area (Å²) in [6.07, 6.45) is 1.07. The van der Waals surface area contributed by atoms with Crippen LogP contribution in [-0.4, -0.2) is 51.5 Å². The standard InChI is InChI=1S/C18H30N4O6/c1-5-11(25-3)9-27-15-7-14(18(24)22-20)16(8-13(15)17(23)21-19)28-10-12(6-2)26-4/h7-8,11-12H,5-6,9-10,19-20H2,1-4H3,(H,21,23)(H,22,24). The number of nitrogens with one attached hydrogen (secondary N) is 2. The van der Waals surface area contributed by atoms with Crippen LogP contribution in [0.25, 0.3) is 0 Å². The predicted molar refractivity (Wildman–Crippen MR) is 103 cm³/mol. The smallest absolute Gasteiger partial charge is 0.269 e. The van der Waals surface area contributed by atoms with Gasteiger partial charge in [-0.05, 0) is 25.0 Å². The number of benzene rings is 1. The summed E-state index contributed by atoms with van der Waals surface area (Å²) >= 11 is 0. The zero-order valence-electron chi connectivity index (χ0n) is 16.7. The fourth-order valence-electron chi connectivity index (χ4n) is 2.38. The Kier molecular flexibility index (Phi) is 10.2. The molecule has 1 aromatic carbocycles. The van der Waals surface area contributed by atoms with Crippen LogP contribution in [0.4, 0.5) is 0 Å². The number of nitrogen functional groups attached to an aromatic ring is 2. The molecule has 2 amide bonds. The average Bonchev–Trinajstić information content (AvgIpc) is 2.74. The minimum absolute atomic E-state index is 0.113. The van der Waals surface area contributed by atoms with Crippen molar-refractivity contribution in [3.05, 3.63) is 23.3 Å². The highest BCUT2D eigenvalue weighted by atomic mass is 16.5. The zero-order chi connectivity index (χ0) is 21.1. The summed E-state index contributed by atoms with van der Waals surface area (Å²) in [6.45, 7) is 4.25. The van der Waals surface area contributed by atoms with Gasteiger partial charge in [-0.1, -0.05) is 13.8 Å². The SMILES string of the molecule is CCC(COc1cc(C(=O)NN)c(OCC(CC)OC)cc1C(=O)NN)OC. The minimum Gasteiger partial charge on any atom is -0.490 e. The van der Waals surface area contributed by atoms with Crippen LogP contribution in [0, 0.1) is 0 Å². The molecule has 0 aliphatic carbocycles. The lowest BCUT2D eigenvalue weighted by Crippen LogP contribution is -2.33. The van der Waals surface area contributed by atoms with Crippen LogP contribution < -0.4 is 32.0 Å². The van der Waals surface area contributed by atoms with E-state index in [1.165, 1.54) is 12.1 Å². The van der Waals surface area contributed by atoms with Gasteiger partial charge in [0.05, 0.1) is 23.3 Å². The van der Waals surface area contributed by atoms with Crippen molar-refractivity contribution < 1.29 is 28.5 Å². The van der Waals surface area contributed by atoms with Crippen molar-refractivity contribution in [2.24, 2.45) is 11.7 Å². The lowest BCUT2D eigenvalue weighted by atomic mass is 10.1. The van der Waals surface area contributed by atoms with Gasteiger partial charge < -0.3 is 18.9 Å². The molecule has 1 aromatic rings. The van der Waals surface area contributed by atoms with E-state index in [1.54, 1.807) is 14.2 Å². The molecule has 0 spiro atoms. The quantitative estimate of drug-likeness (QED) is 0.226. The summed E-state index contributed by atoms with van der Waals surface area (Å²) < 4.78 is 22.0. The van der Waals surface area contributed by atoms with Crippen molar-refractivity contribution >= 4 is 11.8 Å². The lowest BCUT2D eigenvalue weighted by molar-refractivity contribution is 0.0534. The van der Waals surface area contributed by atoms with E-state index in [9.17, 15) is 9.59 Å². The van der Waals surface area contributed by atoms with E-state index in [0.29, 0.717) is 12.8 Å². The number of rotatable bonds is 12. The van der Waals surface area contributed by atoms with Crippen molar-refractivity contribution in [1.82, 2.24) is 10.9 Å². The number of hydrazine groups is 2. The number of carbonyl (C=O) groups is 2. The highest BCUT2D eigenvalue weighted by Crippen LogP contribution is 2.30. The second kappa shape index (κ2) is 12.1. The van der Waals surface area contributed by atoms with Gasteiger partial charge in [0.25, 0.3) is 11.8 Å². The summed E-state index contributed by atoms with van der Waals surface area (Å²) in [5.41, 5.74) is 4.34. The van der Waals surface area contributed by atoms with Crippen LogP contribution in [0.2, 0.25) is 0 Å². The van der Waals surface area contributed by atoms with Gasteiger partial charge in [0, 0.05) is 14.2 Å².